The lowest BCUT2D eigenvalue weighted by Crippen LogP contribution is -2.37. The Morgan fingerprint density at radius 3 is 2.54 bits per heavy atom. The van der Waals surface area contributed by atoms with Gasteiger partial charge in [-0.3, -0.25) is 9.59 Å². The molecule has 8 heteroatoms. The summed E-state index contributed by atoms with van der Waals surface area (Å²) in [6.45, 7) is 1.53. The van der Waals surface area contributed by atoms with E-state index in [-0.39, 0.29) is 30.3 Å². The van der Waals surface area contributed by atoms with Gasteiger partial charge in [0.1, 0.15) is 6.10 Å². The van der Waals surface area contributed by atoms with Crippen molar-refractivity contribution < 1.29 is 19.1 Å². The summed E-state index contributed by atoms with van der Waals surface area (Å²) in [5, 5.41) is 7.84. The van der Waals surface area contributed by atoms with Crippen molar-refractivity contribution in [2.45, 2.75) is 18.9 Å². The molecule has 1 aromatic carbocycles. The van der Waals surface area contributed by atoms with E-state index in [9.17, 15) is 9.59 Å². The van der Waals surface area contributed by atoms with Crippen molar-refractivity contribution in [1.29, 1.82) is 0 Å². The van der Waals surface area contributed by atoms with Gasteiger partial charge in [0.2, 0.25) is 23.6 Å². The van der Waals surface area contributed by atoms with Gasteiger partial charge in [0.25, 0.3) is 0 Å². The number of rotatable bonds is 5. The van der Waals surface area contributed by atoms with Gasteiger partial charge in [-0.15, -0.1) is 10.2 Å². The molecule has 2 aliphatic rings. The Morgan fingerprint density at radius 2 is 1.82 bits per heavy atom. The second-order valence-electron chi connectivity index (χ2n) is 6.97. The number of carbonyl (C=O) groups is 2. The van der Waals surface area contributed by atoms with Gasteiger partial charge in [0.15, 0.2) is 0 Å². The molecule has 0 N–H and O–H groups in total. The molecular formula is C20H22N4O4. The minimum absolute atomic E-state index is 0.00921. The molecule has 2 aromatic rings. The molecule has 0 aliphatic carbocycles. The molecular weight excluding hydrogens is 360 g/mol. The summed E-state index contributed by atoms with van der Waals surface area (Å²) in [6.07, 6.45) is 0.844. The molecule has 3 heterocycles. The third kappa shape index (κ3) is 3.76. The van der Waals surface area contributed by atoms with Gasteiger partial charge in [-0.05, 0) is 12.1 Å². The average molecular weight is 382 g/mol. The monoisotopic (exact) mass is 382 g/mol. The van der Waals surface area contributed by atoms with Crippen molar-refractivity contribution >= 4 is 17.5 Å². The average Bonchev–Trinajstić information content (AvgIpc) is 3.35. The molecule has 1 aromatic heterocycles. The highest BCUT2D eigenvalue weighted by atomic mass is 16.5. The Kier molecular flexibility index (Phi) is 5.10. The molecule has 2 saturated heterocycles. The van der Waals surface area contributed by atoms with Gasteiger partial charge in [0.05, 0.1) is 19.6 Å². The lowest BCUT2D eigenvalue weighted by molar-refractivity contribution is -0.135. The van der Waals surface area contributed by atoms with Crippen LogP contribution in [0.2, 0.25) is 0 Å². The summed E-state index contributed by atoms with van der Waals surface area (Å²) < 4.78 is 10.8. The first kappa shape index (κ1) is 18.2. The Balaban J connectivity index is 1.34. The van der Waals surface area contributed by atoms with Gasteiger partial charge in [-0.2, -0.15) is 0 Å². The molecule has 2 amide bonds. The zero-order chi connectivity index (χ0) is 19.5. The summed E-state index contributed by atoms with van der Waals surface area (Å²) >= 11 is 0. The number of amides is 2. The predicted molar refractivity (Wildman–Crippen MR) is 101 cm³/mol. The van der Waals surface area contributed by atoms with E-state index in [0.717, 1.165) is 12.1 Å². The van der Waals surface area contributed by atoms with E-state index in [1.807, 2.05) is 30.3 Å². The fourth-order valence-electron chi connectivity index (χ4n) is 3.66. The third-order valence-corrected chi connectivity index (χ3v) is 5.11. The van der Waals surface area contributed by atoms with Crippen molar-refractivity contribution in [2.75, 3.05) is 31.6 Å². The number of carbonyl (C=O) groups excluding carboxylic acids is 2. The Hall–Kier alpha value is -3.16. The maximum absolute atomic E-state index is 12.9. The number of nitrogens with zero attached hydrogens (tertiary/aromatic N) is 4. The normalized spacial score (nSPS) is 21.8. The summed E-state index contributed by atoms with van der Waals surface area (Å²) in [7, 11) is 1.53. The number of anilines is 1. The molecule has 2 aliphatic heterocycles. The fraction of sp³-hybridized carbons (Fsp3) is 0.400. The molecule has 0 spiro atoms. The van der Waals surface area contributed by atoms with E-state index in [4.69, 9.17) is 9.47 Å². The molecule has 2 fully saturated rings. The quantitative estimate of drug-likeness (QED) is 0.780. The zero-order valence-electron chi connectivity index (χ0n) is 15.7. The van der Waals surface area contributed by atoms with Crippen LogP contribution in [-0.2, 0) is 9.59 Å². The van der Waals surface area contributed by atoms with Crippen molar-refractivity contribution in [1.82, 2.24) is 15.1 Å². The van der Waals surface area contributed by atoms with Crippen LogP contribution in [0.25, 0.3) is 0 Å². The molecule has 0 saturated carbocycles. The van der Waals surface area contributed by atoms with Gasteiger partial charge in [-0.25, -0.2) is 0 Å². The number of benzene rings is 1. The van der Waals surface area contributed by atoms with Crippen LogP contribution in [0.15, 0.2) is 42.5 Å². The van der Waals surface area contributed by atoms with Gasteiger partial charge in [-0.1, -0.05) is 18.2 Å². The zero-order valence-corrected chi connectivity index (χ0v) is 15.7. The molecule has 146 valence electrons. The Morgan fingerprint density at radius 1 is 1.07 bits per heavy atom. The number of likely N-dealkylation sites (tertiary alicyclic amines) is 1. The number of aromatic nitrogens is 2. The van der Waals surface area contributed by atoms with Gasteiger partial charge >= 0.3 is 0 Å². The van der Waals surface area contributed by atoms with Crippen LogP contribution >= 0.6 is 0 Å². The first-order valence-corrected chi connectivity index (χ1v) is 9.32. The minimum Gasteiger partial charge on any atom is -0.480 e. The Bertz CT molecular complexity index is 843. The highest BCUT2D eigenvalue weighted by Crippen LogP contribution is 2.27. The van der Waals surface area contributed by atoms with Crippen LogP contribution < -0.4 is 14.4 Å². The predicted octanol–water partition coefficient (Wildman–Crippen LogP) is 1.52. The highest BCUT2D eigenvalue weighted by Gasteiger charge is 2.39. The number of ether oxygens (including phenoxy) is 2. The van der Waals surface area contributed by atoms with Crippen LogP contribution in [-0.4, -0.2) is 59.8 Å². The first-order chi connectivity index (χ1) is 13.6. The van der Waals surface area contributed by atoms with E-state index in [1.54, 1.807) is 21.9 Å². The lowest BCUT2D eigenvalue weighted by Gasteiger charge is -2.21. The van der Waals surface area contributed by atoms with Crippen molar-refractivity contribution in [2.24, 2.45) is 5.92 Å². The molecule has 0 unspecified atom stereocenters. The molecule has 8 nitrogen and oxygen atoms in total. The van der Waals surface area contributed by atoms with E-state index < -0.39 is 0 Å². The van der Waals surface area contributed by atoms with Gasteiger partial charge in [0, 0.05) is 43.8 Å². The summed E-state index contributed by atoms with van der Waals surface area (Å²) in [4.78, 5) is 28.7. The molecule has 0 radical (unpaired) electrons. The molecule has 4 rings (SSSR count). The number of hydrogen-bond donors (Lipinski definition) is 0. The standard InChI is InChI=1S/C20H22N4O4/c1-27-17-7-8-18(22-21-17)28-16-9-10-23(13-16)20(26)14-11-19(25)24(12-14)15-5-3-2-4-6-15/h2-8,14,16H,9-13H2,1H3/t14-,16+/m1/s1. The fourth-order valence-corrected chi connectivity index (χ4v) is 3.66. The van der Waals surface area contributed by atoms with E-state index in [0.29, 0.717) is 31.4 Å². The van der Waals surface area contributed by atoms with Crippen LogP contribution in [0.5, 0.6) is 11.8 Å². The molecule has 2 atom stereocenters. The van der Waals surface area contributed by atoms with Crippen molar-refractivity contribution in [3.63, 3.8) is 0 Å². The van der Waals surface area contributed by atoms with E-state index in [2.05, 4.69) is 10.2 Å². The minimum atomic E-state index is -0.313. The summed E-state index contributed by atoms with van der Waals surface area (Å²) in [5.74, 6) is 0.520. The van der Waals surface area contributed by atoms with Crippen LogP contribution in [0.4, 0.5) is 5.69 Å². The SMILES string of the molecule is COc1ccc(O[C@H]2CCN(C(=O)[C@@H]3CC(=O)N(c4ccccc4)C3)C2)nn1. The molecule has 0 bridgehead atoms. The van der Waals surface area contributed by atoms with E-state index >= 15 is 0 Å². The first-order valence-electron chi connectivity index (χ1n) is 9.32. The summed E-state index contributed by atoms with van der Waals surface area (Å²) in [6, 6.07) is 12.8. The van der Waals surface area contributed by atoms with Crippen LogP contribution in [0, 0.1) is 5.92 Å². The van der Waals surface area contributed by atoms with Crippen molar-refractivity contribution in [3.8, 4) is 11.8 Å². The maximum atomic E-state index is 12.9. The topological polar surface area (TPSA) is 84.9 Å². The van der Waals surface area contributed by atoms with Crippen LogP contribution in [0.3, 0.4) is 0 Å². The Labute approximate surface area is 163 Å². The summed E-state index contributed by atoms with van der Waals surface area (Å²) in [5.41, 5.74) is 0.837. The second kappa shape index (κ2) is 7.84. The number of methoxy groups -OCH3 is 1. The number of para-hydroxylation sites is 1. The largest absolute Gasteiger partial charge is 0.480 e. The van der Waals surface area contributed by atoms with Crippen molar-refractivity contribution in [3.05, 3.63) is 42.5 Å². The smallest absolute Gasteiger partial charge is 0.233 e. The lowest BCUT2D eigenvalue weighted by atomic mass is 10.1. The maximum Gasteiger partial charge on any atom is 0.233 e. The molecule has 28 heavy (non-hydrogen) atoms. The van der Waals surface area contributed by atoms with Gasteiger partial charge < -0.3 is 19.3 Å². The third-order valence-electron chi connectivity index (χ3n) is 5.11. The second-order valence-corrected chi connectivity index (χ2v) is 6.97. The number of hydrogen-bond acceptors (Lipinski definition) is 6. The highest BCUT2D eigenvalue weighted by molar-refractivity contribution is 6.00. The van der Waals surface area contributed by atoms with Crippen LogP contribution in [0.1, 0.15) is 12.8 Å². The van der Waals surface area contributed by atoms with E-state index in [1.165, 1.54) is 7.11 Å².